The number of aliphatic imine (C=N–C) groups is 2. The summed E-state index contributed by atoms with van der Waals surface area (Å²) in [5.41, 5.74) is 2.13. The first kappa shape index (κ1) is 15.3. The summed E-state index contributed by atoms with van der Waals surface area (Å²) in [6, 6.07) is 15.9. The highest BCUT2D eigenvalue weighted by atomic mass is 35.5. The number of nitrogens with zero attached hydrogens (tertiary/aromatic N) is 2. The van der Waals surface area contributed by atoms with Crippen molar-refractivity contribution in [3.8, 4) is 0 Å². The zero-order chi connectivity index (χ0) is 15.4. The van der Waals surface area contributed by atoms with E-state index >= 15 is 0 Å². The summed E-state index contributed by atoms with van der Waals surface area (Å²) < 4.78 is 0. The van der Waals surface area contributed by atoms with Gasteiger partial charge in [-0.2, -0.15) is 0 Å². The Hall–Kier alpha value is -1.64. The van der Waals surface area contributed by atoms with Crippen molar-refractivity contribution in [2.75, 3.05) is 0 Å². The molecule has 1 aliphatic carbocycles. The first-order valence-corrected chi connectivity index (χ1v) is 8.04. The van der Waals surface area contributed by atoms with Crippen LogP contribution in [0.4, 0.5) is 0 Å². The molecule has 1 aliphatic rings. The molecule has 0 heterocycles. The minimum atomic E-state index is 0.277. The van der Waals surface area contributed by atoms with Crippen LogP contribution in [0.2, 0.25) is 10.0 Å². The van der Waals surface area contributed by atoms with E-state index in [9.17, 15) is 0 Å². The minimum absolute atomic E-state index is 0.277. The average molecular weight is 331 g/mol. The van der Waals surface area contributed by atoms with Gasteiger partial charge in [0.05, 0.1) is 12.1 Å². The van der Waals surface area contributed by atoms with E-state index in [2.05, 4.69) is 9.98 Å². The molecule has 0 aromatic heterocycles. The van der Waals surface area contributed by atoms with Gasteiger partial charge < -0.3 is 0 Å². The van der Waals surface area contributed by atoms with Gasteiger partial charge in [-0.05, 0) is 48.2 Å². The van der Waals surface area contributed by atoms with Crippen molar-refractivity contribution in [3.05, 3.63) is 69.7 Å². The summed E-state index contributed by atoms with van der Waals surface area (Å²) in [5, 5.41) is 1.48. The Morgan fingerprint density at radius 3 is 1.36 bits per heavy atom. The van der Waals surface area contributed by atoms with Gasteiger partial charge in [0.2, 0.25) is 0 Å². The maximum atomic E-state index is 5.87. The number of halogens is 2. The summed E-state index contributed by atoms with van der Waals surface area (Å²) in [6.45, 7) is 0. The Balaban J connectivity index is 1.59. The second-order valence-corrected chi connectivity index (χ2v) is 6.24. The third kappa shape index (κ3) is 3.96. The lowest BCUT2D eigenvalue weighted by atomic mass is 9.87. The molecule has 0 saturated heterocycles. The van der Waals surface area contributed by atoms with Crippen molar-refractivity contribution in [1.82, 2.24) is 0 Å². The molecule has 0 amide bonds. The Bertz CT molecular complexity index is 614. The van der Waals surface area contributed by atoms with Crippen LogP contribution in [0.3, 0.4) is 0 Å². The first-order chi connectivity index (χ1) is 10.7. The minimum Gasteiger partial charge on any atom is -0.287 e. The zero-order valence-electron chi connectivity index (χ0n) is 12.0. The molecular formula is C18H16Cl2N2. The lowest BCUT2D eigenvalue weighted by molar-refractivity contribution is 0.353. The van der Waals surface area contributed by atoms with Crippen molar-refractivity contribution in [2.45, 2.75) is 24.9 Å². The highest BCUT2D eigenvalue weighted by Gasteiger charge is 2.29. The standard InChI is InChI=1S/C18H16Cl2N2/c19-15-5-1-13(2-6-15)11-21-17-9-10-18(17)22-12-14-3-7-16(20)8-4-14/h1-8,11-12,17-18H,9-10H2/t17-,18+. The van der Waals surface area contributed by atoms with Crippen LogP contribution in [0.5, 0.6) is 0 Å². The quantitative estimate of drug-likeness (QED) is 0.700. The predicted molar refractivity (Wildman–Crippen MR) is 94.9 cm³/mol. The fraction of sp³-hybridized carbons (Fsp3) is 0.222. The lowest BCUT2D eigenvalue weighted by Crippen LogP contribution is -2.34. The molecule has 0 aliphatic heterocycles. The molecule has 0 unspecified atom stereocenters. The van der Waals surface area contributed by atoms with E-state index in [0.717, 1.165) is 34.0 Å². The van der Waals surface area contributed by atoms with Crippen LogP contribution in [-0.2, 0) is 0 Å². The molecule has 112 valence electrons. The third-order valence-electron chi connectivity index (χ3n) is 3.77. The molecule has 0 bridgehead atoms. The second kappa shape index (κ2) is 7.08. The van der Waals surface area contributed by atoms with Gasteiger partial charge in [-0.15, -0.1) is 0 Å². The third-order valence-corrected chi connectivity index (χ3v) is 4.28. The summed E-state index contributed by atoms with van der Waals surface area (Å²) in [7, 11) is 0. The van der Waals surface area contributed by atoms with Crippen LogP contribution in [0, 0.1) is 0 Å². The summed E-state index contributed by atoms with van der Waals surface area (Å²) in [6.07, 6.45) is 6.00. The van der Waals surface area contributed by atoms with Crippen molar-refractivity contribution in [3.63, 3.8) is 0 Å². The number of rotatable bonds is 4. The van der Waals surface area contributed by atoms with Crippen LogP contribution in [0.15, 0.2) is 58.5 Å². The summed E-state index contributed by atoms with van der Waals surface area (Å²) in [4.78, 5) is 9.27. The molecule has 4 heteroatoms. The Labute approximate surface area is 140 Å². The fourth-order valence-corrected chi connectivity index (χ4v) is 2.53. The molecule has 0 radical (unpaired) electrons. The molecule has 3 rings (SSSR count). The van der Waals surface area contributed by atoms with Crippen molar-refractivity contribution < 1.29 is 0 Å². The van der Waals surface area contributed by atoms with Crippen LogP contribution in [0.1, 0.15) is 24.0 Å². The van der Waals surface area contributed by atoms with Gasteiger partial charge in [0.25, 0.3) is 0 Å². The first-order valence-electron chi connectivity index (χ1n) is 7.28. The lowest BCUT2D eigenvalue weighted by Gasteiger charge is -2.30. The molecule has 2 aromatic carbocycles. The highest BCUT2D eigenvalue weighted by molar-refractivity contribution is 6.30. The van der Waals surface area contributed by atoms with Crippen LogP contribution in [0.25, 0.3) is 0 Å². The monoisotopic (exact) mass is 330 g/mol. The Kier molecular flexibility index (Phi) is 4.91. The average Bonchev–Trinajstić information content (AvgIpc) is 2.50. The Morgan fingerprint density at radius 2 is 1.05 bits per heavy atom. The molecule has 0 spiro atoms. The smallest absolute Gasteiger partial charge is 0.0723 e. The molecule has 0 N–H and O–H groups in total. The Morgan fingerprint density at radius 1 is 0.682 bits per heavy atom. The largest absolute Gasteiger partial charge is 0.287 e. The molecular weight excluding hydrogens is 315 g/mol. The van der Waals surface area contributed by atoms with Crippen molar-refractivity contribution >= 4 is 35.6 Å². The molecule has 22 heavy (non-hydrogen) atoms. The van der Waals surface area contributed by atoms with E-state index in [1.54, 1.807) is 0 Å². The van der Waals surface area contributed by atoms with E-state index in [0.29, 0.717) is 0 Å². The summed E-state index contributed by atoms with van der Waals surface area (Å²) >= 11 is 11.7. The van der Waals surface area contributed by atoms with Crippen LogP contribution < -0.4 is 0 Å². The SMILES string of the molecule is Clc1ccc(C=N[C@H]2CC[C@H]2N=Cc2ccc(Cl)cc2)cc1. The van der Waals surface area contributed by atoms with Gasteiger partial charge in [-0.1, -0.05) is 47.5 Å². The van der Waals surface area contributed by atoms with Crippen LogP contribution in [-0.4, -0.2) is 24.5 Å². The molecule has 1 fully saturated rings. The maximum Gasteiger partial charge on any atom is 0.0723 e. The summed E-state index contributed by atoms with van der Waals surface area (Å²) in [5.74, 6) is 0. The molecule has 2 aromatic rings. The number of benzene rings is 2. The van der Waals surface area contributed by atoms with Crippen molar-refractivity contribution in [2.24, 2.45) is 9.98 Å². The topological polar surface area (TPSA) is 24.7 Å². The molecule has 1 saturated carbocycles. The van der Waals surface area contributed by atoms with Gasteiger partial charge in [-0.25, -0.2) is 0 Å². The van der Waals surface area contributed by atoms with E-state index in [4.69, 9.17) is 23.2 Å². The zero-order valence-corrected chi connectivity index (χ0v) is 13.5. The molecule has 2 atom stereocenters. The predicted octanol–water partition coefficient (Wildman–Crippen LogP) is 5.06. The van der Waals surface area contributed by atoms with E-state index in [-0.39, 0.29) is 12.1 Å². The van der Waals surface area contributed by atoms with Gasteiger partial charge in [0, 0.05) is 22.5 Å². The second-order valence-electron chi connectivity index (χ2n) is 5.37. The van der Waals surface area contributed by atoms with Gasteiger partial charge in [0.15, 0.2) is 0 Å². The highest BCUT2D eigenvalue weighted by Crippen LogP contribution is 2.26. The number of hydrogen-bond acceptors (Lipinski definition) is 2. The van der Waals surface area contributed by atoms with Gasteiger partial charge >= 0.3 is 0 Å². The maximum absolute atomic E-state index is 5.87. The van der Waals surface area contributed by atoms with Gasteiger partial charge in [-0.3, -0.25) is 9.98 Å². The van der Waals surface area contributed by atoms with E-state index in [1.807, 2.05) is 61.0 Å². The van der Waals surface area contributed by atoms with E-state index < -0.39 is 0 Å². The van der Waals surface area contributed by atoms with Crippen molar-refractivity contribution in [1.29, 1.82) is 0 Å². The fourth-order valence-electron chi connectivity index (χ4n) is 2.27. The molecule has 2 nitrogen and oxygen atoms in total. The van der Waals surface area contributed by atoms with Gasteiger partial charge in [0.1, 0.15) is 0 Å². The van der Waals surface area contributed by atoms with E-state index in [1.165, 1.54) is 0 Å². The van der Waals surface area contributed by atoms with Crippen LogP contribution >= 0.6 is 23.2 Å². The normalized spacial score (nSPS) is 21.4. The number of hydrogen-bond donors (Lipinski definition) is 0.